The minimum Gasteiger partial charge on any atom is -0.365 e. The van der Waals surface area contributed by atoms with Gasteiger partial charge in [-0.1, -0.05) is 6.07 Å². The Hall–Kier alpha value is -2.70. The van der Waals surface area contributed by atoms with Crippen molar-refractivity contribution in [3.05, 3.63) is 41.0 Å². The van der Waals surface area contributed by atoms with Crippen molar-refractivity contribution in [1.29, 1.82) is 0 Å². The lowest BCUT2D eigenvalue weighted by atomic mass is 10.2. The number of aryl methyl sites for hydroxylation is 2. The molecule has 0 aliphatic carbocycles. The highest BCUT2D eigenvalue weighted by molar-refractivity contribution is 5.90. The number of aromatic nitrogens is 3. The molecule has 1 amide bonds. The van der Waals surface area contributed by atoms with Crippen LogP contribution in [0.25, 0.3) is 0 Å². The zero-order chi connectivity index (χ0) is 18.8. The summed E-state index contributed by atoms with van der Waals surface area (Å²) in [4.78, 5) is 29.4. The van der Waals surface area contributed by atoms with Gasteiger partial charge in [0, 0.05) is 50.7 Å². The first kappa shape index (κ1) is 18.1. The van der Waals surface area contributed by atoms with E-state index in [2.05, 4.69) is 38.2 Å². The van der Waals surface area contributed by atoms with Crippen LogP contribution in [0.15, 0.2) is 18.3 Å². The summed E-state index contributed by atoms with van der Waals surface area (Å²) in [6, 6.07) is 4.29. The number of carbonyl (C=O) groups is 1. The summed E-state index contributed by atoms with van der Waals surface area (Å²) in [5.41, 5.74) is 3.01. The third-order valence-corrected chi connectivity index (χ3v) is 4.80. The SMILES string of the molecule is Cc1cccnc1N[C@@H]1CCN(c2nc(C(=O)N(C)C)nc(C)c2C)C1. The normalized spacial score (nSPS) is 16.7. The quantitative estimate of drug-likeness (QED) is 0.907. The van der Waals surface area contributed by atoms with Crippen LogP contribution in [0, 0.1) is 20.8 Å². The van der Waals surface area contributed by atoms with E-state index >= 15 is 0 Å². The minimum absolute atomic E-state index is 0.174. The average Bonchev–Trinajstić information content (AvgIpc) is 3.06. The van der Waals surface area contributed by atoms with Crippen molar-refractivity contribution in [3.63, 3.8) is 0 Å². The highest BCUT2D eigenvalue weighted by Crippen LogP contribution is 2.25. The fourth-order valence-electron chi connectivity index (χ4n) is 3.12. The molecule has 2 aromatic heterocycles. The van der Waals surface area contributed by atoms with E-state index in [9.17, 15) is 4.79 Å². The predicted molar refractivity (Wildman–Crippen MR) is 103 cm³/mol. The van der Waals surface area contributed by atoms with Crippen molar-refractivity contribution in [1.82, 2.24) is 19.9 Å². The fourth-order valence-corrected chi connectivity index (χ4v) is 3.12. The van der Waals surface area contributed by atoms with Crippen LogP contribution in [0.2, 0.25) is 0 Å². The molecule has 7 nitrogen and oxygen atoms in total. The second-order valence-corrected chi connectivity index (χ2v) is 7.03. The van der Waals surface area contributed by atoms with Crippen LogP contribution in [-0.2, 0) is 0 Å². The highest BCUT2D eigenvalue weighted by Gasteiger charge is 2.27. The van der Waals surface area contributed by atoms with Gasteiger partial charge >= 0.3 is 0 Å². The minimum atomic E-state index is -0.174. The van der Waals surface area contributed by atoms with Crippen LogP contribution >= 0.6 is 0 Å². The van der Waals surface area contributed by atoms with E-state index in [1.54, 1.807) is 20.3 Å². The number of carbonyl (C=O) groups excluding carboxylic acids is 1. The molecule has 0 bridgehead atoms. The van der Waals surface area contributed by atoms with E-state index in [1.165, 1.54) is 4.90 Å². The molecule has 0 spiro atoms. The molecule has 7 heteroatoms. The first-order valence-corrected chi connectivity index (χ1v) is 8.86. The molecule has 0 saturated carbocycles. The second kappa shape index (κ2) is 7.27. The third-order valence-electron chi connectivity index (χ3n) is 4.80. The summed E-state index contributed by atoms with van der Waals surface area (Å²) in [5, 5.41) is 3.53. The predicted octanol–water partition coefficient (Wildman–Crippen LogP) is 2.19. The Morgan fingerprint density at radius 2 is 2.04 bits per heavy atom. The molecule has 1 fully saturated rings. The number of hydrogen-bond acceptors (Lipinski definition) is 6. The molecule has 0 radical (unpaired) electrons. The molecule has 2 aromatic rings. The zero-order valence-electron chi connectivity index (χ0n) is 16.1. The number of pyridine rings is 1. The van der Waals surface area contributed by atoms with E-state index in [-0.39, 0.29) is 11.7 Å². The van der Waals surface area contributed by atoms with Crippen LogP contribution in [0.4, 0.5) is 11.6 Å². The van der Waals surface area contributed by atoms with E-state index in [0.29, 0.717) is 6.04 Å². The van der Waals surface area contributed by atoms with Crippen molar-refractivity contribution in [2.45, 2.75) is 33.2 Å². The largest absolute Gasteiger partial charge is 0.365 e. The molecular formula is C19H26N6O. The molecule has 1 atom stereocenters. The maximum atomic E-state index is 12.3. The van der Waals surface area contributed by atoms with Gasteiger partial charge in [-0.25, -0.2) is 15.0 Å². The van der Waals surface area contributed by atoms with Crippen molar-refractivity contribution >= 4 is 17.5 Å². The van der Waals surface area contributed by atoms with Crippen molar-refractivity contribution in [2.24, 2.45) is 0 Å². The second-order valence-electron chi connectivity index (χ2n) is 7.03. The molecular weight excluding hydrogens is 328 g/mol. The van der Waals surface area contributed by atoms with E-state index in [4.69, 9.17) is 0 Å². The fraction of sp³-hybridized carbons (Fsp3) is 0.474. The Morgan fingerprint density at radius 3 is 2.73 bits per heavy atom. The molecule has 138 valence electrons. The molecule has 1 aliphatic heterocycles. The number of nitrogens with one attached hydrogen (secondary N) is 1. The summed E-state index contributed by atoms with van der Waals surface area (Å²) in [7, 11) is 3.43. The summed E-state index contributed by atoms with van der Waals surface area (Å²) < 4.78 is 0. The van der Waals surface area contributed by atoms with Gasteiger partial charge in [-0.05, 0) is 38.8 Å². The van der Waals surface area contributed by atoms with Gasteiger partial charge in [0.25, 0.3) is 5.91 Å². The van der Waals surface area contributed by atoms with Gasteiger partial charge in [0.2, 0.25) is 5.82 Å². The Labute approximate surface area is 154 Å². The number of hydrogen-bond donors (Lipinski definition) is 1. The van der Waals surface area contributed by atoms with Gasteiger partial charge in [-0.3, -0.25) is 4.79 Å². The summed E-state index contributed by atoms with van der Waals surface area (Å²) in [6.07, 6.45) is 2.80. The van der Waals surface area contributed by atoms with E-state index in [0.717, 1.165) is 48.0 Å². The maximum Gasteiger partial charge on any atom is 0.291 e. The monoisotopic (exact) mass is 354 g/mol. The Bertz CT molecular complexity index is 820. The first-order valence-electron chi connectivity index (χ1n) is 8.86. The van der Waals surface area contributed by atoms with Crippen LogP contribution in [0.3, 0.4) is 0 Å². The van der Waals surface area contributed by atoms with Gasteiger partial charge in [-0.15, -0.1) is 0 Å². The van der Waals surface area contributed by atoms with Crippen LogP contribution in [-0.4, -0.2) is 59.0 Å². The average molecular weight is 354 g/mol. The van der Waals surface area contributed by atoms with Gasteiger partial charge in [0.1, 0.15) is 11.6 Å². The Kier molecular flexibility index (Phi) is 5.06. The highest BCUT2D eigenvalue weighted by atomic mass is 16.2. The molecule has 3 rings (SSSR count). The third kappa shape index (κ3) is 3.61. The van der Waals surface area contributed by atoms with Crippen molar-refractivity contribution < 1.29 is 4.79 Å². The van der Waals surface area contributed by atoms with Crippen molar-refractivity contribution in [2.75, 3.05) is 37.4 Å². The zero-order valence-corrected chi connectivity index (χ0v) is 16.1. The van der Waals surface area contributed by atoms with Crippen LogP contribution < -0.4 is 10.2 Å². The van der Waals surface area contributed by atoms with E-state index in [1.807, 2.05) is 19.9 Å². The molecule has 3 heterocycles. The first-order chi connectivity index (χ1) is 12.4. The lowest BCUT2D eigenvalue weighted by molar-refractivity contribution is 0.0815. The Balaban J connectivity index is 1.80. The summed E-state index contributed by atoms with van der Waals surface area (Å²) in [6.45, 7) is 7.70. The lowest BCUT2D eigenvalue weighted by Crippen LogP contribution is -2.30. The molecule has 0 unspecified atom stereocenters. The van der Waals surface area contributed by atoms with Crippen LogP contribution in [0.1, 0.15) is 33.9 Å². The van der Waals surface area contributed by atoms with Gasteiger partial charge in [-0.2, -0.15) is 0 Å². The van der Waals surface area contributed by atoms with Gasteiger partial charge < -0.3 is 15.1 Å². The number of nitrogens with zero attached hydrogens (tertiary/aromatic N) is 5. The molecule has 26 heavy (non-hydrogen) atoms. The van der Waals surface area contributed by atoms with Gasteiger partial charge in [0.15, 0.2) is 0 Å². The Morgan fingerprint density at radius 1 is 1.27 bits per heavy atom. The molecule has 0 aromatic carbocycles. The molecule has 1 aliphatic rings. The van der Waals surface area contributed by atoms with E-state index < -0.39 is 0 Å². The van der Waals surface area contributed by atoms with Gasteiger partial charge in [0.05, 0.1) is 0 Å². The number of rotatable bonds is 4. The topological polar surface area (TPSA) is 74.2 Å². The number of amides is 1. The molecule has 1 N–H and O–H groups in total. The number of anilines is 2. The maximum absolute atomic E-state index is 12.3. The summed E-state index contributed by atoms with van der Waals surface area (Å²) in [5.74, 6) is 1.86. The standard InChI is InChI=1S/C19H26N6O/c1-12-7-6-9-20-16(12)22-15-8-10-25(11-15)18-13(2)14(3)21-17(23-18)19(26)24(4)5/h6-7,9,15H,8,10-11H2,1-5H3,(H,20,22)/t15-/m1/s1. The smallest absolute Gasteiger partial charge is 0.291 e. The molecule has 1 saturated heterocycles. The lowest BCUT2D eigenvalue weighted by Gasteiger charge is -2.22. The van der Waals surface area contributed by atoms with Crippen molar-refractivity contribution in [3.8, 4) is 0 Å². The summed E-state index contributed by atoms with van der Waals surface area (Å²) >= 11 is 0. The van der Waals surface area contributed by atoms with Crippen LogP contribution in [0.5, 0.6) is 0 Å².